The molecule has 150 valence electrons. The van der Waals surface area contributed by atoms with E-state index in [1.165, 1.54) is 30.5 Å². The molecule has 2 aliphatic carbocycles. The van der Waals surface area contributed by atoms with E-state index >= 15 is 0 Å². The Balaban J connectivity index is 1.39. The molecule has 29 heavy (non-hydrogen) atoms. The average molecular weight is 390 g/mol. The van der Waals surface area contributed by atoms with E-state index < -0.39 is 0 Å². The Kier molecular flexibility index (Phi) is 4.58. The van der Waals surface area contributed by atoms with E-state index in [0.717, 1.165) is 54.5 Å². The zero-order valence-electron chi connectivity index (χ0n) is 16.4. The molecule has 2 aromatic heterocycles. The van der Waals surface area contributed by atoms with Crippen LogP contribution in [-0.4, -0.2) is 26.6 Å². The number of benzene rings is 1. The van der Waals surface area contributed by atoms with Gasteiger partial charge in [-0.05, 0) is 61.9 Å². The van der Waals surface area contributed by atoms with Gasteiger partial charge >= 0.3 is 6.03 Å². The van der Waals surface area contributed by atoms with Crippen molar-refractivity contribution in [2.24, 2.45) is 0 Å². The first-order valence-corrected chi connectivity index (χ1v) is 10.5. The number of aryl methyl sites for hydroxylation is 1. The normalized spacial score (nSPS) is 16.7. The van der Waals surface area contributed by atoms with E-state index in [0.29, 0.717) is 11.9 Å². The molecule has 2 heterocycles. The lowest BCUT2D eigenvalue weighted by molar-refractivity contribution is 0.244. The van der Waals surface area contributed by atoms with Crippen molar-refractivity contribution in [3.05, 3.63) is 41.9 Å². The molecular weight excluding hydrogens is 364 g/mol. The topological polar surface area (TPSA) is 97.9 Å². The van der Waals surface area contributed by atoms with Crippen LogP contribution in [0.5, 0.6) is 0 Å². The number of nitrogens with one attached hydrogen (secondary N) is 2. The van der Waals surface area contributed by atoms with E-state index in [2.05, 4.69) is 25.2 Å². The lowest BCUT2D eigenvalue weighted by atomic mass is 9.96. The molecule has 4 N–H and O–H groups in total. The van der Waals surface area contributed by atoms with E-state index in [-0.39, 0.29) is 6.03 Å². The van der Waals surface area contributed by atoms with E-state index in [4.69, 9.17) is 5.73 Å². The van der Waals surface area contributed by atoms with E-state index in [1.807, 2.05) is 24.3 Å². The molecule has 3 aromatic rings. The van der Waals surface area contributed by atoms with Gasteiger partial charge in [0.2, 0.25) is 0 Å². The number of fused-ring (bicyclic) bond motifs is 3. The van der Waals surface area contributed by atoms with Crippen molar-refractivity contribution in [2.45, 2.75) is 57.4 Å². The number of rotatable bonds is 3. The average Bonchev–Trinajstić information content (AvgIpc) is 3.31. The molecule has 0 saturated heterocycles. The van der Waals surface area contributed by atoms with Crippen LogP contribution in [-0.2, 0) is 12.8 Å². The van der Waals surface area contributed by atoms with E-state index in [9.17, 15) is 4.79 Å². The van der Waals surface area contributed by atoms with Crippen LogP contribution in [0.2, 0.25) is 0 Å². The molecule has 0 atom stereocenters. The van der Waals surface area contributed by atoms with Crippen LogP contribution in [0.15, 0.2) is 30.6 Å². The van der Waals surface area contributed by atoms with Gasteiger partial charge in [0.05, 0.1) is 5.52 Å². The number of aromatic nitrogens is 3. The first-order chi connectivity index (χ1) is 14.2. The largest absolute Gasteiger partial charge is 0.382 e. The number of carbonyl (C=O) groups is 1. The standard InChI is InChI=1S/C22H26N6O/c23-21-20-19(24-13-25-21)17-7-4-8-18(17)28(20)16-11-9-15(10-12-16)27-22(29)26-14-5-2-1-3-6-14/h9-14H,1-8H2,(H2,23,24,25)(H2,26,27,29). The molecule has 5 rings (SSSR count). The number of nitrogens with zero attached hydrogens (tertiary/aromatic N) is 3. The van der Waals surface area contributed by atoms with Crippen molar-refractivity contribution in [1.29, 1.82) is 0 Å². The lowest BCUT2D eigenvalue weighted by Gasteiger charge is -2.22. The maximum atomic E-state index is 12.3. The maximum absolute atomic E-state index is 12.3. The van der Waals surface area contributed by atoms with Gasteiger partial charge in [-0.2, -0.15) is 0 Å². The maximum Gasteiger partial charge on any atom is 0.319 e. The molecule has 2 amide bonds. The highest BCUT2D eigenvalue weighted by Gasteiger charge is 2.25. The van der Waals surface area contributed by atoms with Crippen LogP contribution in [0.25, 0.3) is 16.7 Å². The Morgan fingerprint density at radius 3 is 2.62 bits per heavy atom. The Labute approximate surface area is 169 Å². The van der Waals surface area contributed by atoms with Crippen molar-refractivity contribution in [1.82, 2.24) is 19.9 Å². The van der Waals surface area contributed by atoms with Crippen LogP contribution in [0.3, 0.4) is 0 Å². The fraction of sp³-hybridized carbons (Fsp3) is 0.409. The van der Waals surface area contributed by atoms with Crippen LogP contribution < -0.4 is 16.4 Å². The van der Waals surface area contributed by atoms with Gasteiger partial charge in [-0.3, -0.25) is 0 Å². The minimum absolute atomic E-state index is 0.130. The van der Waals surface area contributed by atoms with Crippen molar-refractivity contribution >= 4 is 28.6 Å². The molecule has 7 heteroatoms. The Hall–Kier alpha value is -3.09. The van der Waals surface area contributed by atoms with E-state index in [1.54, 1.807) is 6.33 Å². The van der Waals surface area contributed by atoms with Gasteiger partial charge in [0.1, 0.15) is 11.8 Å². The molecule has 1 saturated carbocycles. The van der Waals surface area contributed by atoms with Crippen molar-refractivity contribution in [2.75, 3.05) is 11.1 Å². The Morgan fingerprint density at radius 1 is 1.03 bits per heavy atom. The molecule has 0 bridgehead atoms. The Bertz CT molecular complexity index is 1050. The second kappa shape index (κ2) is 7.39. The summed E-state index contributed by atoms with van der Waals surface area (Å²) in [6, 6.07) is 8.06. The first kappa shape index (κ1) is 18.0. The number of nitrogens with two attached hydrogens (primary N) is 1. The highest BCUT2D eigenvalue weighted by molar-refractivity contribution is 5.92. The quantitative estimate of drug-likeness (QED) is 0.631. The summed E-state index contributed by atoms with van der Waals surface area (Å²) < 4.78 is 2.18. The summed E-state index contributed by atoms with van der Waals surface area (Å²) in [5, 5.41) is 6.04. The second-order valence-electron chi connectivity index (χ2n) is 8.05. The highest BCUT2D eigenvalue weighted by atomic mass is 16.2. The van der Waals surface area contributed by atoms with Gasteiger partial charge in [-0.15, -0.1) is 0 Å². The summed E-state index contributed by atoms with van der Waals surface area (Å²) in [6.07, 6.45) is 10.5. The molecule has 1 fully saturated rings. The summed E-state index contributed by atoms with van der Waals surface area (Å²) in [4.78, 5) is 21.0. The molecule has 7 nitrogen and oxygen atoms in total. The zero-order chi connectivity index (χ0) is 19.8. The smallest absolute Gasteiger partial charge is 0.319 e. The second-order valence-corrected chi connectivity index (χ2v) is 8.05. The number of amides is 2. The van der Waals surface area contributed by atoms with Crippen LogP contribution >= 0.6 is 0 Å². The number of anilines is 2. The minimum atomic E-state index is -0.130. The number of urea groups is 1. The van der Waals surface area contributed by atoms with Crippen molar-refractivity contribution in [3.63, 3.8) is 0 Å². The van der Waals surface area contributed by atoms with Crippen LogP contribution in [0.4, 0.5) is 16.3 Å². The third-order valence-electron chi connectivity index (χ3n) is 6.14. The molecular formula is C22H26N6O. The molecule has 0 radical (unpaired) electrons. The van der Waals surface area contributed by atoms with Gasteiger partial charge in [-0.25, -0.2) is 14.8 Å². The minimum Gasteiger partial charge on any atom is -0.382 e. The van der Waals surface area contributed by atoms with Crippen LogP contribution in [0, 0.1) is 0 Å². The molecule has 0 unspecified atom stereocenters. The predicted octanol–water partition coefficient (Wildman–Crippen LogP) is 3.95. The van der Waals surface area contributed by atoms with Crippen molar-refractivity contribution in [3.8, 4) is 5.69 Å². The third kappa shape index (κ3) is 3.30. The molecule has 0 aliphatic heterocycles. The fourth-order valence-corrected chi connectivity index (χ4v) is 4.78. The zero-order valence-corrected chi connectivity index (χ0v) is 16.4. The van der Waals surface area contributed by atoms with Crippen molar-refractivity contribution < 1.29 is 4.79 Å². The Morgan fingerprint density at radius 2 is 1.83 bits per heavy atom. The summed E-state index contributed by atoms with van der Waals surface area (Å²) in [7, 11) is 0. The predicted molar refractivity (Wildman–Crippen MR) is 114 cm³/mol. The number of hydrogen-bond acceptors (Lipinski definition) is 4. The van der Waals surface area contributed by atoms with Gasteiger partial charge in [-0.1, -0.05) is 19.3 Å². The number of nitrogen functional groups attached to an aromatic ring is 1. The number of carbonyl (C=O) groups excluding carboxylic acids is 1. The van der Waals surface area contributed by atoms with Gasteiger partial charge in [0.15, 0.2) is 5.82 Å². The van der Waals surface area contributed by atoms with Gasteiger partial charge < -0.3 is 20.9 Å². The van der Waals surface area contributed by atoms with Gasteiger partial charge in [0, 0.05) is 23.1 Å². The third-order valence-corrected chi connectivity index (χ3v) is 6.14. The summed E-state index contributed by atoms with van der Waals surface area (Å²) >= 11 is 0. The monoisotopic (exact) mass is 390 g/mol. The summed E-state index contributed by atoms with van der Waals surface area (Å²) in [5.41, 5.74) is 12.4. The molecule has 0 spiro atoms. The summed E-state index contributed by atoms with van der Waals surface area (Å²) in [6.45, 7) is 0. The number of hydrogen-bond donors (Lipinski definition) is 3. The summed E-state index contributed by atoms with van der Waals surface area (Å²) in [5.74, 6) is 0.499. The fourth-order valence-electron chi connectivity index (χ4n) is 4.78. The highest BCUT2D eigenvalue weighted by Crippen LogP contribution is 2.36. The first-order valence-electron chi connectivity index (χ1n) is 10.5. The van der Waals surface area contributed by atoms with Crippen LogP contribution in [0.1, 0.15) is 49.8 Å². The lowest BCUT2D eigenvalue weighted by Crippen LogP contribution is -2.38. The molecule has 2 aliphatic rings. The SMILES string of the molecule is Nc1ncnc2c3c(n(-c4ccc(NC(=O)NC5CCCCC5)cc4)c12)CCC3. The molecule has 1 aromatic carbocycles. The van der Waals surface area contributed by atoms with Gasteiger partial charge in [0.25, 0.3) is 0 Å².